The topological polar surface area (TPSA) is 106 Å². The van der Waals surface area contributed by atoms with Crippen molar-refractivity contribution < 1.29 is 26.8 Å². The largest absolute Gasteiger partial charge is 0.382 e. The molecule has 11 heteroatoms. The van der Waals surface area contributed by atoms with Crippen LogP contribution in [0, 0.1) is 5.82 Å². The van der Waals surface area contributed by atoms with Crippen LogP contribution in [0.4, 0.5) is 4.39 Å². The Morgan fingerprint density at radius 2 is 1.91 bits per heavy atom. The van der Waals surface area contributed by atoms with Crippen molar-refractivity contribution in [2.45, 2.75) is 38.7 Å². The van der Waals surface area contributed by atoms with E-state index in [4.69, 9.17) is 8.92 Å². The third kappa shape index (κ3) is 4.90. The third-order valence-corrected chi connectivity index (χ3v) is 5.45. The molecule has 0 spiro atoms. The van der Waals surface area contributed by atoms with Crippen molar-refractivity contribution >= 4 is 15.8 Å². The maximum atomic E-state index is 13.7. The van der Waals surface area contributed by atoms with E-state index in [0.717, 1.165) is 12.3 Å². The lowest BCUT2D eigenvalue weighted by Gasteiger charge is -2.42. The first-order valence-corrected chi connectivity index (χ1v) is 11.9. The van der Waals surface area contributed by atoms with Crippen LogP contribution in [-0.2, 0) is 14.9 Å². The van der Waals surface area contributed by atoms with Crippen LogP contribution in [0.25, 0.3) is 16.8 Å². The lowest BCUT2D eigenvalue weighted by molar-refractivity contribution is -0.256. The summed E-state index contributed by atoms with van der Waals surface area (Å²) in [6.45, 7) is 6.71. The number of aliphatic hydroxyl groups is 1. The molecule has 1 saturated heterocycles. The Morgan fingerprint density at radius 1 is 1.19 bits per heavy atom. The van der Waals surface area contributed by atoms with Crippen molar-refractivity contribution in [3.05, 3.63) is 48.2 Å². The number of hydrogen-bond donors (Lipinski definition) is 1. The highest BCUT2D eigenvalue weighted by Crippen LogP contribution is 2.34. The predicted octanol–water partition coefficient (Wildman–Crippen LogP) is 2.36. The van der Waals surface area contributed by atoms with Crippen LogP contribution < -0.4 is 4.18 Å². The Labute approximate surface area is 185 Å². The number of rotatable bonds is 6. The molecule has 9 nitrogen and oxygen atoms in total. The van der Waals surface area contributed by atoms with E-state index >= 15 is 0 Å². The van der Waals surface area contributed by atoms with Crippen LogP contribution in [0.2, 0.25) is 0 Å². The molecule has 0 amide bonds. The van der Waals surface area contributed by atoms with Gasteiger partial charge in [-0.3, -0.25) is 9.30 Å². The van der Waals surface area contributed by atoms with E-state index in [2.05, 4.69) is 10.2 Å². The molecule has 4 rings (SSSR count). The molecule has 0 bridgehead atoms. The molecule has 172 valence electrons. The Bertz CT molecular complexity index is 1250. The van der Waals surface area contributed by atoms with Gasteiger partial charge in [0.2, 0.25) is 6.41 Å². The summed E-state index contributed by atoms with van der Waals surface area (Å²) in [5.74, 6) is 0.0231. The van der Waals surface area contributed by atoms with Crippen LogP contribution in [0.15, 0.2) is 36.5 Å². The van der Waals surface area contributed by atoms with Crippen LogP contribution >= 0.6 is 0 Å². The highest BCUT2D eigenvalue weighted by Gasteiger charge is 2.37. The van der Waals surface area contributed by atoms with E-state index in [1.807, 2.05) is 25.2 Å². The number of benzene rings is 1. The summed E-state index contributed by atoms with van der Waals surface area (Å²) in [5, 5.41) is 18.7. The van der Waals surface area contributed by atoms with Crippen LogP contribution in [0.1, 0.15) is 32.5 Å². The molecule has 1 aliphatic rings. The summed E-state index contributed by atoms with van der Waals surface area (Å²) in [6, 6.07) is 7.22. The molecule has 0 saturated carbocycles. The molecule has 1 unspecified atom stereocenters. The van der Waals surface area contributed by atoms with Gasteiger partial charge < -0.3 is 14.0 Å². The van der Waals surface area contributed by atoms with Crippen molar-refractivity contribution in [3.63, 3.8) is 0 Å². The molecule has 3 heterocycles. The molecule has 2 aromatic heterocycles. The van der Waals surface area contributed by atoms with E-state index in [0.29, 0.717) is 35.7 Å². The minimum absolute atomic E-state index is 0.0263. The lowest BCUT2D eigenvalue weighted by Crippen LogP contribution is -2.53. The fourth-order valence-corrected chi connectivity index (χ4v) is 4.02. The Kier molecular flexibility index (Phi) is 5.70. The number of aromatic nitrogens is 3. The van der Waals surface area contributed by atoms with E-state index in [1.165, 1.54) is 12.1 Å². The Morgan fingerprint density at radius 3 is 2.56 bits per heavy atom. The zero-order valence-corrected chi connectivity index (χ0v) is 19.0. The van der Waals surface area contributed by atoms with Crippen molar-refractivity contribution in [1.82, 2.24) is 19.5 Å². The zero-order chi connectivity index (χ0) is 23.3. The molecule has 1 aliphatic heterocycles. The monoisotopic (exact) mass is 464 g/mol. The minimum Gasteiger partial charge on any atom is -0.382 e. The first-order valence-electron chi connectivity index (χ1n) is 10.0. The second-order valence-electron chi connectivity index (χ2n) is 8.84. The molecule has 1 aromatic carbocycles. The van der Waals surface area contributed by atoms with E-state index in [1.54, 1.807) is 23.2 Å². The zero-order valence-electron chi connectivity index (χ0n) is 18.2. The number of pyridine rings is 1. The fraction of sp³-hybridized carbons (Fsp3) is 0.429. The van der Waals surface area contributed by atoms with Gasteiger partial charge in [-0.1, -0.05) is 0 Å². The van der Waals surface area contributed by atoms with Crippen molar-refractivity contribution in [1.29, 1.82) is 0 Å². The van der Waals surface area contributed by atoms with Gasteiger partial charge in [-0.25, -0.2) is 4.39 Å². The second kappa shape index (κ2) is 8.07. The van der Waals surface area contributed by atoms with Crippen molar-refractivity contribution in [2.75, 3.05) is 19.3 Å². The van der Waals surface area contributed by atoms with Gasteiger partial charge in [-0.05, 0) is 45.0 Å². The number of hydrogen-bond acceptors (Lipinski definition) is 8. The standard InChI is InChI=1S/C21H25FN4O5S/c1-21(2,3)30-20(27)25-10-14(11-25)19-24-23-18-8-5-13(12-26(18)19)16-7-6-15(22)9-17(16)31-32(4,28)29/h5-9,12,14,20,27H,10-11H2,1-4H3. The molecule has 0 radical (unpaired) electrons. The van der Waals surface area contributed by atoms with Gasteiger partial charge in [-0.15, -0.1) is 10.2 Å². The van der Waals surface area contributed by atoms with Gasteiger partial charge in [0.1, 0.15) is 11.6 Å². The summed E-state index contributed by atoms with van der Waals surface area (Å²) in [5.41, 5.74) is 1.18. The van der Waals surface area contributed by atoms with Gasteiger partial charge in [0.15, 0.2) is 11.4 Å². The van der Waals surface area contributed by atoms with Crippen LogP contribution in [-0.4, -0.2) is 64.4 Å². The van der Waals surface area contributed by atoms with Gasteiger partial charge in [0, 0.05) is 42.4 Å². The summed E-state index contributed by atoms with van der Waals surface area (Å²) in [7, 11) is -3.84. The summed E-state index contributed by atoms with van der Waals surface area (Å²) in [4.78, 5) is 1.79. The number of nitrogens with zero attached hydrogens (tertiary/aromatic N) is 4. The van der Waals surface area contributed by atoms with E-state index < -0.39 is 28.0 Å². The molecule has 0 aliphatic carbocycles. The number of ether oxygens (including phenoxy) is 1. The summed E-state index contributed by atoms with van der Waals surface area (Å²) in [6.07, 6.45) is 1.66. The van der Waals surface area contributed by atoms with Crippen molar-refractivity contribution in [3.8, 4) is 16.9 Å². The third-order valence-electron chi connectivity index (χ3n) is 4.97. The SMILES string of the molecule is CC(C)(C)OC(O)N1CC(c2nnc3ccc(-c4ccc(F)cc4OS(C)(=O)=O)cn23)C1. The molecule has 1 fully saturated rings. The van der Waals surface area contributed by atoms with E-state index in [-0.39, 0.29) is 11.7 Å². The van der Waals surface area contributed by atoms with Crippen LogP contribution in [0.3, 0.4) is 0 Å². The van der Waals surface area contributed by atoms with Gasteiger partial charge in [-0.2, -0.15) is 8.42 Å². The number of halogens is 1. The maximum Gasteiger partial charge on any atom is 0.306 e. The number of fused-ring (bicyclic) bond motifs is 1. The number of aliphatic hydroxyl groups excluding tert-OH is 1. The maximum absolute atomic E-state index is 13.7. The molecule has 32 heavy (non-hydrogen) atoms. The van der Waals surface area contributed by atoms with Gasteiger partial charge in [0.25, 0.3) is 0 Å². The van der Waals surface area contributed by atoms with E-state index in [9.17, 15) is 17.9 Å². The normalized spacial score (nSPS) is 16.8. The molecule has 1 atom stereocenters. The van der Waals surface area contributed by atoms with Crippen LogP contribution in [0.5, 0.6) is 5.75 Å². The summed E-state index contributed by atoms with van der Waals surface area (Å²) >= 11 is 0. The molecule has 1 N–H and O–H groups in total. The minimum atomic E-state index is -3.84. The first kappa shape index (κ1) is 22.6. The second-order valence-corrected chi connectivity index (χ2v) is 10.4. The van der Waals surface area contributed by atoms with Gasteiger partial charge in [0.05, 0.1) is 11.9 Å². The fourth-order valence-electron chi connectivity index (χ4n) is 3.56. The summed E-state index contributed by atoms with van der Waals surface area (Å²) < 4.78 is 49.4. The highest BCUT2D eigenvalue weighted by atomic mass is 32.2. The van der Waals surface area contributed by atoms with Gasteiger partial charge >= 0.3 is 10.1 Å². The lowest BCUT2D eigenvalue weighted by atomic mass is 9.99. The Balaban J connectivity index is 1.61. The molecule has 3 aromatic rings. The number of likely N-dealkylation sites (tertiary alicyclic amines) is 1. The average Bonchev–Trinajstić information content (AvgIpc) is 3.00. The Hall–Kier alpha value is -2.60. The molecular weight excluding hydrogens is 439 g/mol. The first-order chi connectivity index (χ1) is 14.9. The van der Waals surface area contributed by atoms with Crippen molar-refractivity contribution in [2.24, 2.45) is 0 Å². The predicted molar refractivity (Wildman–Crippen MR) is 115 cm³/mol. The molecular formula is C21H25FN4O5S. The smallest absolute Gasteiger partial charge is 0.306 e. The quantitative estimate of drug-likeness (QED) is 0.438. The average molecular weight is 465 g/mol. The highest BCUT2D eigenvalue weighted by molar-refractivity contribution is 7.86.